The zero-order valence-corrected chi connectivity index (χ0v) is 34.7. The molecule has 5 heteroatoms. The van der Waals surface area contributed by atoms with Gasteiger partial charge in [-0.1, -0.05) is 146 Å². The topological polar surface area (TPSA) is 42.8 Å². The maximum absolute atomic E-state index is 6.66. The molecule has 1 aliphatic heterocycles. The molecule has 4 heterocycles. The molecule has 9 aromatic carbocycles. The fourth-order valence-electron chi connectivity index (χ4n) is 9.91. The molecule has 4 nitrogen and oxygen atoms in total. The first-order chi connectivity index (χ1) is 30.6. The summed E-state index contributed by atoms with van der Waals surface area (Å²) in [5, 5.41) is 11.8. The van der Waals surface area contributed by atoms with E-state index in [0.717, 1.165) is 84.0 Å². The standard InChI is InChI=1S/C57H37N3OS/c1-34-25-28-46(58-57(43-21-12-16-35-13-4-5-17-39(35)43)59-56(34)38-26-27-42-41-19-8-11-24-52(41)62-53(42)33-38)55-48(29-30-51-54(55)44-20-7-10-23-50(44)61-51)60-47-22-9-6-18-40(47)45-31-36-14-2-3-15-37(36)32-49(45)60/h2-24,26-34H,25H2,1H3/b46-28+,58-57?,59-56?. The number of allylic oxidation sites excluding steroid dienone is 1. The Morgan fingerprint density at radius 1 is 0.532 bits per heavy atom. The second kappa shape index (κ2) is 13.7. The van der Waals surface area contributed by atoms with E-state index in [4.69, 9.17) is 14.4 Å². The van der Waals surface area contributed by atoms with Crippen molar-refractivity contribution in [1.29, 1.82) is 0 Å². The minimum atomic E-state index is 0.0839. The van der Waals surface area contributed by atoms with Gasteiger partial charge in [0.15, 0.2) is 5.84 Å². The van der Waals surface area contributed by atoms with Gasteiger partial charge in [0, 0.05) is 58.8 Å². The Balaban J connectivity index is 1.12. The molecule has 0 fully saturated rings. The summed E-state index contributed by atoms with van der Waals surface area (Å²) in [4.78, 5) is 11.5. The number of nitrogens with zero attached hydrogens (tertiary/aromatic N) is 3. The first-order valence-electron chi connectivity index (χ1n) is 21.3. The van der Waals surface area contributed by atoms with Crippen molar-refractivity contribution in [2.45, 2.75) is 13.3 Å². The Kier molecular flexibility index (Phi) is 7.78. The quantitative estimate of drug-likeness (QED) is 0.175. The Labute approximate surface area is 361 Å². The number of thiophene rings is 1. The third-order valence-electron chi connectivity index (χ3n) is 12.8. The van der Waals surface area contributed by atoms with Gasteiger partial charge in [0.1, 0.15) is 11.2 Å². The van der Waals surface area contributed by atoms with Crippen LogP contribution in [0, 0.1) is 5.92 Å². The number of amidine groups is 1. The molecule has 62 heavy (non-hydrogen) atoms. The number of aliphatic imine (C=N–C) groups is 2. The molecule has 0 aliphatic carbocycles. The largest absolute Gasteiger partial charge is 0.456 e. The lowest BCUT2D eigenvalue weighted by molar-refractivity contribution is 0.669. The molecule has 13 rings (SSSR count). The van der Waals surface area contributed by atoms with Crippen LogP contribution in [0.25, 0.3) is 96.8 Å². The van der Waals surface area contributed by atoms with Crippen LogP contribution in [-0.4, -0.2) is 16.1 Å². The number of aromatic nitrogens is 1. The van der Waals surface area contributed by atoms with Crippen molar-refractivity contribution in [3.63, 3.8) is 0 Å². The molecule has 292 valence electrons. The summed E-state index contributed by atoms with van der Waals surface area (Å²) in [6.45, 7) is 2.31. The van der Waals surface area contributed by atoms with Crippen LogP contribution >= 0.6 is 11.3 Å². The van der Waals surface area contributed by atoms with Gasteiger partial charge in [0.2, 0.25) is 0 Å². The van der Waals surface area contributed by atoms with Gasteiger partial charge in [0.25, 0.3) is 0 Å². The minimum Gasteiger partial charge on any atom is -0.456 e. The van der Waals surface area contributed by atoms with Gasteiger partial charge in [-0.2, -0.15) is 0 Å². The summed E-state index contributed by atoms with van der Waals surface area (Å²) < 4.78 is 11.7. The van der Waals surface area contributed by atoms with Gasteiger partial charge in [-0.05, 0) is 82.1 Å². The molecule has 3 aromatic heterocycles. The van der Waals surface area contributed by atoms with E-state index in [1.165, 1.54) is 41.7 Å². The van der Waals surface area contributed by atoms with Crippen molar-refractivity contribution >= 4 is 114 Å². The van der Waals surface area contributed by atoms with E-state index in [1.54, 1.807) is 0 Å². The van der Waals surface area contributed by atoms with Crippen LogP contribution in [0.1, 0.15) is 30.0 Å². The minimum absolute atomic E-state index is 0.0839. The molecule has 0 amide bonds. The second-order valence-corrected chi connectivity index (χ2v) is 17.6. The maximum Gasteiger partial charge on any atom is 0.160 e. The van der Waals surface area contributed by atoms with Crippen LogP contribution in [0.4, 0.5) is 0 Å². The molecular weight excluding hydrogens is 775 g/mol. The molecule has 0 bridgehead atoms. The number of benzene rings is 9. The fraction of sp³-hybridized carbons (Fsp3) is 0.0526. The Morgan fingerprint density at radius 3 is 2.13 bits per heavy atom. The first-order valence-corrected chi connectivity index (χ1v) is 22.1. The van der Waals surface area contributed by atoms with E-state index in [2.05, 4.69) is 193 Å². The van der Waals surface area contributed by atoms with E-state index in [0.29, 0.717) is 5.84 Å². The van der Waals surface area contributed by atoms with Gasteiger partial charge in [-0.25, -0.2) is 9.98 Å². The highest BCUT2D eigenvalue weighted by molar-refractivity contribution is 7.25. The van der Waals surface area contributed by atoms with Gasteiger partial charge < -0.3 is 8.98 Å². The van der Waals surface area contributed by atoms with Crippen LogP contribution < -0.4 is 0 Å². The molecule has 0 saturated heterocycles. The van der Waals surface area contributed by atoms with Crippen LogP contribution in [0.3, 0.4) is 0 Å². The predicted molar refractivity (Wildman–Crippen MR) is 264 cm³/mol. The van der Waals surface area contributed by atoms with Crippen molar-refractivity contribution in [2.75, 3.05) is 0 Å². The molecule has 1 unspecified atom stereocenters. The molecule has 0 radical (unpaired) electrons. The Morgan fingerprint density at radius 2 is 1.24 bits per heavy atom. The van der Waals surface area contributed by atoms with E-state index in [9.17, 15) is 0 Å². The third kappa shape index (κ3) is 5.38. The van der Waals surface area contributed by atoms with Crippen molar-refractivity contribution in [1.82, 2.24) is 4.57 Å². The summed E-state index contributed by atoms with van der Waals surface area (Å²) in [7, 11) is 0. The first kappa shape index (κ1) is 35.2. The van der Waals surface area contributed by atoms with Crippen molar-refractivity contribution in [3.05, 3.63) is 205 Å². The number of hydrogen-bond acceptors (Lipinski definition) is 4. The number of para-hydroxylation sites is 2. The summed E-state index contributed by atoms with van der Waals surface area (Å²) >= 11 is 1.84. The van der Waals surface area contributed by atoms with E-state index in [-0.39, 0.29) is 5.92 Å². The molecular formula is C57H37N3OS. The molecule has 0 N–H and O–H groups in total. The number of fused-ring (bicyclic) bond motifs is 11. The van der Waals surface area contributed by atoms with Crippen molar-refractivity contribution in [3.8, 4) is 5.69 Å². The zero-order chi connectivity index (χ0) is 40.9. The zero-order valence-electron chi connectivity index (χ0n) is 33.8. The lowest BCUT2D eigenvalue weighted by Gasteiger charge is -2.21. The fourth-order valence-corrected chi connectivity index (χ4v) is 11.1. The molecule has 12 aromatic rings. The highest BCUT2D eigenvalue weighted by Crippen LogP contribution is 2.44. The van der Waals surface area contributed by atoms with Crippen LogP contribution in [-0.2, 0) is 0 Å². The monoisotopic (exact) mass is 811 g/mol. The van der Waals surface area contributed by atoms with Crippen LogP contribution in [0.5, 0.6) is 0 Å². The Bertz CT molecular complexity index is 3930. The number of rotatable bonds is 4. The van der Waals surface area contributed by atoms with E-state index in [1.807, 2.05) is 17.4 Å². The predicted octanol–water partition coefficient (Wildman–Crippen LogP) is 15.7. The average molecular weight is 812 g/mol. The van der Waals surface area contributed by atoms with Crippen LogP contribution in [0.2, 0.25) is 0 Å². The highest BCUT2D eigenvalue weighted by Gasteiger charge is 2.26. The molecule has 0 spiro atoms. The van der Waals surface area contributed by atoms with Crippen molar-refractivity contribution < 1.29 is 4.42 Å². The second-order valence-electron chi connectivity index (χ2n) is 16.5. The summed E-state index contributed by atoms with van der Waals surface area (Å²) in [6, 6.07) is 65.5. The smallest absolute Gasteiger partial charge is 0.160 e. The average Bonchev–Trinajstić information content (AvgIpc) is 3.98. The maximum atomic E-state index is 6.66. The van der Waals surface area contributed by atoms with Gasteiger partial charge in [0.05, 0.1) is 28.1 Å². The normalized spacial score (nSPS) is 15.8. The lowest BCUT2D eigenvalue weighted by Crippen LogP contribution is -2.17. The number of furan rings is 1. The van der Waals surface area contributed by atoms with Crippen molar-refractivity contribution in [2.24, 2.45) is 15.9 Å². The van der Waals surface area contributed by atoms with E-state index >= 15 is 0 Å². The molecule has 0 saturated carbocycles. The van der Waals surface area contributed by atoms with E-state index < -0.39 is 0 Å². The summed E-state index contributed by atoms with van der Waals surface area (Å²) in [5.41, 5.74) is 10.1. The SMILES string of the molecule is CC1C/C=C(\c2c(-n3c4ccccc4c4cc5ccccc5cc43)ccc3oc4ccccc4c23)N=C(c2cccc3ccccc23)N=C1c1ccc2c(c1)sc1ccccc12. The van der Waals surface area contributed by atoms with Gasteiger partial charge >= 0.3 is 0 Å². The summed E-state index contributed by atoms with van der Waals surface area (Å²) in [5.74, 6) is 0.774. The number of hydrogen-bond donors (Lipinski definition) is 0. The Hall–Kier alpha value is -7.60. The van der Waals surface area contributed by atoms with Gasteiger partial charge in [-0.3, -0.25) is 0 Å². The summed E-state index contributed by atoms with van der Waals surface area (Å²) in [6.07, 6.45) is 3.10. The highest BCUT2D eigenvalue weighted by atomic mass is 32.1. The van der Waals surface area contributed by atoms with Gasteiger partial charge in [-0.15, -0.1) is 11.3 Å². The lowest BCUT2D eigenvalue weighted by atomic mass is 9.92. The third-order valence-corrected chi connectivity index (χ3v) is 14.0. The molecule has 1 aliphatic rings. The molecule has 1 atom stereocenters. The van der Waals surface area contributed by atoms with Crippen LogP contribution in [0.15, 0.2) is 202 Å².